The third-order valence-electron chi connectivity index (χ3n) is 6.07. The molecule has 2 aromatic rings. The van der Waals surface area contributed by atoms with Crippen LogP contribution in [0, 0.1) is 6.92 Å². The molecule has 0 spiro atoms. The van der Waals surface area contributed by atoms with E-state index in [9.17, 15) is 9.59 Å². The van der Waals surface area contributed by atoms with Crippen LogP contribution in [0.3, 0.4) is 0 Å². The Hall–Kier alpha value is -2.23. The van der Waals surface area contributed by atoms with Gasteiger partial charge in [-0.25, -0.2) is 4.98 Å². The van der Waals surface area contributed by atoms with Gasteiger partial charge in [0.05, 0.1) is 19.3 Å². The summed E-state index contributed by atoms with van der Waals surface area (Å²) in [7, 11) is 0. The number of aryl methyl sites for hydroxylation is 1. The maximum Gasteiger partial charge on any atom is 0.255 e. The Morgan fingerprint density at radius 2 is 2.06 bits per heavy atom. The van der Waals surface area contributed by atoms with Gasteiger partial charge in [-0.05, 0) is 50.7 Å². The van der Waals surface area contributed by atoms with Crippen LogP contribution in [0.1, 0.15) is 41.4 Å². The number of H-pyrrole nitrogens is 1. The number of morpholine rings is 1. The smallest absolute Gasteiger partial charge is 0.255 e. The third-order valence-corrected chi connectivity index (χ3v) is 7.04. The quantitative estimate of drug-likeness (QED) is 0.645. The summed E-state index contributed by atoms with van der Waals surface area (Å²) in [5.74, 6) is 0.556. The fourth-order valence-electron chi connectivity index (χ4n) is 4.30. The summed E-state index contributed by atoms with van der Waals surface area (Å²) in [5.41, 5.74) is 1.11. The maximum atomic E-state index is 12.6. The number of anilines is 1. The molecule has 0 saturated carbocycles. The van der Waals surface area contributed by atoms with Gasteiger partial charge in [0.2, 0.25) is 11.9 Å². The number of rotatable bonds is 8. The number of aromatic amines is 1. The third kappa shape index (κ3) is 5.53. The van der Waals surface area contributed by atoms with Gasteiger partial charge < -0.3 is 15.0 Å². The fraction of sp³-hybridized carbons (Fsp3) is 0.591. The van der Waals surface area contributed by atoms with Crippen molar-refractivity contribution in [3.8, 4) is 0 Å². The Balaban J connectivity index is 1.33. The first-order valence-corrected chi connectivity index (χ1v) is 12.0. The lowest BCUT2D eigenvalue weighted by Crippen LogP contribution is -2.39. The molecule has 4 rings (SSSR count). The van der Waals surface area contributed by atoms with Crippen molar-refractivity contribution in [1.82, 2.24) is 20.2 Å². The number of amides is 1. The van der Waals surface area contributed by atoms with Crippen LogP contribution >= 0.6 is 11.3 Å². The second kappa shape index (κ2) is 10.4. The van der Waals surface area contributed by atoms with E-state index in [4.69, 9.17) is 4.74 Å². The van der Waals surface area contributed by atoms with Crippen molar-refractivity contribution in [3.05, 3.63) is 44.0 Å². The van der Waals surface area contributed by atoms with E-state index in [-0.39, 0.29) is 23.9 Å². The van der Waals surface area contributed by atoms with Crippen LogP contribution in [0.25, 0.3) is 0 Å². The van der Waals surface area contributed by atoms with Gasteiger partial charge >= 0.3 is 0 Å². The van der Waals surface area contributed by atoms with E-state index in [2.05, 4.69) is 37.7 Å². The molecule has 31 heavy (non-hydrogen) atoms. The first-order valence-electron chi connectivity index (χ1n) is 11.1. The van der Waals surface area contributed by atoms with E-state index in [1.54, 1.807) is 11.3 Å². The van der Waals surface area contributed by atoms with Gasteiger partial charge in [-0.2, -0.15) is 0 Å². The molecular formula is C22H31N5O3S. The molecule has 1 amide bonds. The summed E-state index contributed by atoms with van der Waals surface area (Å²) in [5, 5.41) is 5.18. The van der Waals surface area contributed by atoms with Crippen LogP contribution in [-0.4, -0.2) is 66.7 Å². The Labute approximate surface area is 186 Å². The standard InChI is InChI=1S/C22H31N5O3S/c1-16-17(21(29)25-22(24-16)27-10-12-30-13-11-27)6-7-20(28)23-15-18(19-5-4-14-31-19)26-8-2-3-9-26/h4-5,14,18H,2-3,6-13,15H2,1H3,(H,23,28)(H,24,25,29)/t18-/m1/s1. The lowest BCUT2D eigenvalue weighted by atomic mass is 10.1. The van der Waals surface area contributed by atoms with Gasteiger partial charge in [0, 0.05) is 42.2 Å². The van der Waals surface area contributed by atoms with Gasteiger partial charge in [-0.15, -0.1) is 11.3 Å². The molecule has 2 N–H and O–H groups in total. The number of carbonyl (C=O) groups excluding carboxylic acids is 1. The van der Waals surface area contributed by atoms with Gasteiger partial charge in [0.15, 0.2) is 0 Å². The molecule has 4 heterocycles. The van der Waals surface area contributed by atoms with Crippen molar-refractivity contribution in [2.75, 3.05) is 50.8 Å². The van der Waals surface area contributed by atoms with Gasteiger partial charge in [0.25, 0.3) is 5.56 Å². The number of thiophene rings is 1. The number of hydrogen-bond donors (Lipinski definition) is 2. The van der Waals surface area contributed by atoms with Gasteiger partial charge in [0.1, 0.15) is 0 Å². The fourth-order valence-corrected chi connectivity index (χ4v) is 5.16. The highest BCUT2D eigenvalue weighted by molar-refractivity contribution is 7.10. The molecule has 1 atom stereocenters. The zero-order chi connectivity index (χ0) is 21.6. The monoisotopic (exact) mass is 445 g/mol. The van der Waals surface area contributed by atoms with Crippen molar-refractivity contribution in [3.63, 3.8) is 0 Å². The number of ether oxygens (including phenoxy) is 1. The molecule has 0 aromatic carbocycles. The van der Waals surface area contributed by atoms with Crippen molar-refractivity contribution in [2.45, 2.75) is 38.6 Å². The number of likely N-dealkylation sites (tertiary alicyclic amines) is 1. The van der Waals surface area contributed by atoms with E-state index >= 15 is 0 Å². The van der Waals surface area contributed by atoms with Crippen LogP contribution in [0.2, 0.25) is 0 Å². The predicted molar refractivity (Wildman–Crippen MR) is 122 cm³/mol. The summed E-state index contributed by atoms with van der Waals surface area (Å²) in [6.07, 6.45) is 3.09. The molecule has 2 aliphatic rings. The molecule has 2 fully saturated rings. The molecule has 0 unspecified atom stereocenters. The summed E-state index contributed by atoms with van der Waals surface area (Å²) in [4.78, 5) is 38.4. The number of aromatic nitrogens is 2. The summed E-state index contributed by atoms with van der Waals surface area (Å²) >= 11 is 1.74. The van der Waals surface area contributed by atoms with E-state index in [1.165, 1.54) is 17.7 Å². The molecule has 0 aliphatic carbocycles. The molecule has 0 bridgehead atoms. The van der Waals surface area contributed by atoms with Crippen LogP contribution in [0.4, 0.5) is 5.95 Å². The SMILES string of the molecule is Cc1nc(N2CCOCC2)[nH]c(=O)c1CCC(=O)NC[C@H](c1cccs1)N1CCCC1. The molecule has 2 aromatic heterocycles. The van der Waals surface area contributed by atoms with E-state index in [0.717, 1.165) is 13.1 Å². The molecule has 8 nitrogen and oxygen atoms in total. The Morgan fingerprint density at radius 1 is 1.29 bits per heavy atom. The highest BCUT2D eigenvalue weighted by Crippen LogP contribution is 2.27. The van der Waals surface area contributed by atoms with Gasteiger partial charge in [-0.3, -0.25) is 19.5 Å². The molecule has 9 heteroatoms. The maximum absolute atomic E-state index is 12.6. The average Bonchev–Trinajstić information content (AvgIpc) is 3.49. The number of hydrogen-bond acceptors (Lipinski definition) is 7. The second-order valence-electron chi connectivity index (χ2n) is 8.13. The average molecular weight is 446 g/mol. The van der Waals surface area contributed by atoms with Gasteiger partial charge in [-0.1, -0.05) is 6.07 Å². The number of nitrogens with one attached hydrogen (secondary N) is 2. The van der Waals surface area contributed by atoms with Crippen LogP contribution in [-0.2, 0) is 16.0 Å². The van der Waals surface area contributed by atoms with Crippen LogP contribution in [0.5, 0.6) is 0 Å². The van der Waals surface area contributed by atoms with Crippen molar-refractivity contribution in [1.29, 1.82) is 0 Å². The van der Waals surface area contributed by atoms with Crippen molar-refractivity contribution >= 4 is 23.2 Å². The topological polar surface area (TPSA) is 90.6 Å². The largest absolute Gasteiger partial charge is 0.378 e. The van der Waals surface area contributed by atoms with Crippen LogP contribution in [0.15, 0.2) is 22.3 Å². The Morgan fingerprint density at radius 3 is 2.74 bits per heavy atom. The molecule has 2 saturated heterocycles. The minimum absolute atomic E-state index is 0.0307. The van der Waals surface area contributed by atoms with E-state index in [0.29, 0.717) is 56.5 Å². The Bertz CT molecular complexity index is 918. The summed E-state index contributed by atoms with van der Waals surface area (Å²) in [6, 6.07) is 4.43. The summed E-state index contributed by atoms with van der Waals surface area (Å²) < 4.78 is 5.36. The van der Waals surface area contributed by atoms with Crippen LogP contribution < -0.4 is 15.8 Å². The zero-order valence-electron chi connectivity index (χ0n) is 18.1. The zero-order valence-corrected chi connectivity index (χ0v) is 18.9. The highest BCUT2D eigenvalue weighted by atomic mass is 32.1. The highest BCUT2D eigenvalue weighted by Gasteiger charge is 2.24. The number of nitrogens with zero attached hydrogens (tertiary/aromatic N) is 3. The van der Waals surface area contributed by atoms with Crippen molar-refractivity contribution < 1.29 is 9.53 Å². The summed E-state index contributed by atoms with van der Waals surface area (Å²) in [6.45, 7) is 7.29. The van der Waals surface area contributed by atoms with E-state index < -0.39 is 0 Å². The first kappa shape index (κ1) is 22.0. The first-order chi connectivity index (χ1) is 15.1. The normalized spacial score (nSPS) is 18.3. The minimum Gasteiger partial charge on any atom is -0.378 e. The molecule has 0 radical (unpaired) electrons. The van der Waals surface area contributed by atoms with Crippen molar-refractivity contribution in [2.24, 2.45) is 0 Å². The lowest BCUT2D eigenvalue weighted by molar-refractivity contribution is -0.121. The van der Waals surface area contributed by atoms with E-state index in [1.807, 2.05) is 11.8 Å². The molecular weight excluding hydrogens is 414 g/mol. The molecule has 168 valence electrons. The second-order valence-corrected chi connectivity index (χ2v) is 9.11. The Kier molecular flexibility index (Phi) is 7.37. The molecule has 2 aliphatic heterocycles. The minimum atomic E-state index is -0.157. The predicted octanol–water partition coefficient (Wildman–Crippen LogP) is 1.86. The lowest BCUT2D eigenvalue weighted by Gasteiger charge is -2.27. The number of carbonyl (C=O) groups is 1.